The molecule has 0 aliphatic carbocycles. The van der Waals surface area contributed by atoms with Crippen LogP contribution >= 0.6 is 0 Å². The molecule has 1 aromatic carbocycles. The molecule has 2 N–H and O–H groups in total. The first-order chi connectivity index (χ1) is 7.05. The van der Waals surface area contributed by atoms with Crippen molar-refractivity contribution in [3.63, 3.8) is 0 Å². The van der Waals surface area contributed by atoms with Crippen molar-refractivity contribution in [1.29, 1.82) is 0 Å². The molecule has 0 aromatic heterocycles. The number of benzene rings is 1. The highest BCUT2D eigenvalue weighted by molar-refractivity contribution is 7.89. The zero-order valence-corrected chi connectivity index (χ0v) is 9.11. The molecule has 1 aromatic rings. The minimum Gasteiger partial charge on any atom is -0.255 e. The predicted molar refractivity (Wildman–Crippen MR) is 60.8 cm³/mol. The van der Waals surface area contributed by atoms with Gasteiger partial charge in [-0.15, -0.1) is 0 Å². The summed E-state index contributed by atoms with van der Waals surface area (Å²) in [7, 11) is -3.71. The number of hydrogen-bond donors (Lipinski definition) is 1. The van der Waals surface area contributed by atoms with E-state index in [1.807, 2.05) is 6.92 Å². The fraction of sp³-hybridized carbons (Fsp3) is 0.100. The number of hydrogen-bond acceptors (Lipinski definition) is 3. The van der Waals surface area contributed by atoms with Crippen molar-refractivity contribution in [3.05, 3.63) is 36.4 Å². The number of primary sulfonamides is 1. The summed E-state index contributed by atoms with van der Waals surface area (Å²) in [5, 5.41) is 5.04. The van der Waals surface area contributed by atoms with Gasteiger partial charge in [-0.3, -0.25) is 4.99 Å². The van der Waals surface area contributed by atoms with E-state index >= 15 is 0 Å². The van der Waals surface area contributed by atoms with E-state index in [-0.39, 0.29) is 4.90 Å². The molecule has 0 aliphatic heterocycles. The van der Waals surface area contributed by atoms with Crippen molar-refractivity contribution in [1.82, 2.24) is 0 Å². The van der Waals surface area contributed by atoms with E-state index in [2.05, 4.69) is 4.99 Å². The van der Waals surface area contributed by atoms with Gasteiger partial charge in [-0.1, -0.05) is 18.2 Å². The van der Waals surface area contributed by atoms with Crippen molar-refractivity contribution < 1.29 is 8.42 Å². The van der Waals surface area contributed by atoms with Crippen molar-refractivity contribution in [2.75, 3.05) is 0 Å². The first-order valence-electron chi connectivity index (χ1n) is 4.33. The quantitative estimate of drug-likeness (QED) is 0.792. The van der Waals surface area contributed by atoms with E-state index in [9.17, 15) is 8.42 Å². The van der Waals surface area contributed by atoms with Crippen LogP contribution in [0.1, 0.15) is 6.92 Å². The van der Waals surface area contributed by atoms with E-state index in [1.165, 1.54) is 12.3 Å². The summed E-state index contributed by atoms with van der Waals surface area (Å²) >= 11 is 0. The number of para-hydroxylation sites is 1. The zero-order valence-electron chi connectivity index (χ0n) is 8.29. The number of nitrogens with zero attached hydrogens (tertiary/aromatic N) is 1. The maximum atomic E-state index is 11.2. The third kappa shape index (κ3) is 3.30. The summed E-state index contributed by atoms with van der Waals surface area (Å²) in [4.78, 5) is 4.02. The van der Waals surface area contributed by atoms with Gasteiger partial charge in [-0.2, -0.15) is 0 Å². The number of sulfonamides is 1. The lowest BCUT2D eigenvalue weighted by Crippen LogP contribution is -2.12. The molecule has 0 amide bonds. The second-order valence-corrected chi connectivity index (χ2v) is 4.35. The van der Waals surface area contributed by atoms with Gasteiger partial charge in [0.05, 0.1) is 5.69 Å². The van der Waals surface area contributed by atoms with Crippen LogP contribution in [0.3, 0.4) is 0 Å². The predicted octanol–water partition coefficient (Wildman–Crippen LogP) is 1.61. The fourth-order valence-corrected chi connectivity index (χ4v) is 1.69. The number of aliphatic imine (C=N–C) groups is 1. The Morgan fingerprint density at radius 1 is 1.33 bits per heavy atom. The molecule has 0 heterocycles. The van der Waals surface area contributed by atoms with Crippen LogP contribution in [0, 0.1) is 0 Å². The number of nitrogens with two attached hydrogens (primary N) is 1. The summed E-state index contributed by atoms with van der Waals surface area (Å²) < 4.78 is 22.3. The van der Waals surface area contributed by atoms with Gasteiger partial charge in [0.25, 0.3) is 0 Å². The Kier molecular flexibility index (Phi) is 3.76. The fourth-order valence-electron chi connectivity index (χ4n) is 1.01. The van der Waals surface area contributed by atoms with Gasteiger partial charge in [0.2, 0.25) is 10.0 Å². The van der Waals surface area contributed by atoms with Crippen LogP contribution in [0.5, 0.6) is 0 Å². The van der Waals surface area contributed by atoms with Gasteiger partial charge < -0.3 is 0 Å². The molecule has 0 bridgehead atoms. The maximum absolute atomic E-state index is 11.2. The zero-order chi connectivity index (χ0) is 11.3. The average Bonchev–Trinajstić information content (AvgIpc) is 2.17. The molecule has 0 radical (unpaired) electrons. The normalized spacial score (nSPS) is 12.7. The van der Waals surface area contributed by atoms with Gasteiger partial charge >= 0.3 is 0 Å². The molecule has 0 atom stereocenters. The third-order valence-electron chi connectivity index (χ3n) is 1.66. The molecule has 15 heavy (non-hydrogen) atoms. The van der Waals surface area contributed by atoms with Crippen molar-refractivity contribution in [2.45, 2.75) is 11.8 Å². The van der Waals surface area contributed by atoms with Crippen LogP contribution in [-0.2, 0) is 10.0 Å². The topological polar surface area (TPSA) is 72.5 Å². The molecule has 0 saturated carbocycles. The minimum absolute atomic E-state index is 0.0331. The lowest BCUT2D eigenvalue weighted by Gasteiger charge is -2.01. The molecule has 0 fully saturated rings. The van der Waals surface area contributed by atoms with Gasteiger partial charge in [0.1, 0.15) is 4.90 Å². The van der Waals surface area contributed by atoms with Crippen LogP contribution in [0.4, 0.5) is 5.69 Å². The van der Waals surface area contributed by atoms with Crippen molar-refractivity contribution in [2.24, 2.45) is 10.1 Å². The molecule has 0 saturated heterocycles. The molecule has 80 valence electrons. The summed E-state index contributed by atoms with van der Waals surface area (Å²) in [6.07, 6.45) is 5.02. The first kappa shape index (κ1) is 11.6. The van der Waals surface area contributed by atoms with Crippen molar-refractivity contribution in [3.8, 4) is 0 Å². The first-order valence-corrected chi connectivity index (χ1v) is 5.87. The van der Waals surface area contributed by atoms with E-state index < -0.39 is 10.0 Å². The molecule has 0 spiro atoms. The Morgan fingerprint density at radius 3 is 2.60 bits per heavy atom. The maximum Gasteiger partial charge on any atom is 0.240 e. The Bertz CT molecular complexity index is 490. The van der Waals surface area contributed by atoms with Gasteiger partial charge in [0, 0.05) is 6.21 Å². The lowest BCUT2D eigenvalue weighted by atomic mass is 10.3. The van der Waals surface area contributed by atoms with Gasteiger partial charge in [-0.05, 0) is 25.1 Å². The summed E-state index contributed by atoms with van der Waals surface area (Å²) in [6, 6.07) is 6.34. The Hall–Kier alpha value is -1.46. The average molecular weight is 224 g/mol. The lowest BCUT2D eigenvalue weighted by molar-refractivity contribution is 0.598. The highest BCUT2D eigenvalue weighted by Crippen LogP contribution is 2.21. The minimum atomic E-state index is -3.71. The monoisotopic (exact) mass is 224 g/mol. The highest BCUT2D eigenvalue weighted by Gasteiger charge is 2.11. The van der Waals surface area contributed by atoms with Crippen LogP contribution in [0.2, 0.25) is 0 Å². The molecule has 0 unspecified atom stereocenters. The molecule has 1 rings (SSSR count). The summed E-state index contributed by atoms with van der Waals surface area (Å²) in [5.74, 6) is 0. The Labute approximate surface area is 89.2 Å². The largest absolute Gasteiger partial charge is 0.255 e. The molecular weight excluding hydrogens is 212 g/mol. The van der Waals surface area contributed by atoms with Crippen LogP contribution in [0.25, 0.3) is 0 Å². The van der Waals surface area contributed by atoms with E-state index in [0.717, 1.165) is 0 Å². The van der Waals surface area contributed by atoms with Gasteiger partial charge in [0.15, 0.2) is 0 Å². The molecular formula is C10H12N2O2S. The molecule has 4 nitrogen and oxygen atoms in total. The van der Waals surface area contributed by atoms with E-state index in [0.29, 0.717) is 5.69 Å². The van der Waals surface area contributed by atoms with Crippen LogP contribution in [-0.4, -0.2) is 14.6 Å². The van der Waals surface area contributed by atoms with Crippen LogP contribution in [0.15, 0.2) is 46.3 Å². The summed E-state index contributed by atoms with van der Waals surface area (Å²) in [6.45, 7) is 1.84. The Balaban J connectivity index is 3.19. The third-order valence-corrected chi connectivity index (χ3v) is 2.62. The SMILES string of the molecule is C/C=C/C=Nc1ccccc1S(N)(=O)=O. The highest BCUT2D eigenvalue weighted by atomic mass is 32.2. The number of allylic oxidation sites excluding steroid dienone is 2. The standard InChI is InChI=1S/C10H12N2O2S/c1-2-3-8-12-9-6-4-5-7-10(9)15(11,13)14/h2-8H,1H3,(H2,11,13,14)/b3-2+,12-8?. The molecule has 0 aliphatic rings. The number of rotatable bonds is 3. The van der Waals surface area contributed by atoms with Crippen LogP contribution < -0.4 is 5.14 Å². The van der Waals surface area contributed by atoms with Crippen molar-refractivity contribution >= 4 is 21.9 Å². The second-order valence-electron chi connectivity index (χ2n) is 2.82. The second kappa shape index (κ2) is 4.86. The van der Waals surface area contributed by atoms with Gasteiger partial charge in [-0.25, -0.2) is 13.6 Å². The Morgan fingerprint density at radius 2 is 2.00 bits per heavy atom. The van der Waals surface area contributed by atoms with E-state index in [1.54, 1.807) is 30.4 Å². The summed E-state index contributed by atoms with van der Waals surface area (Å²) in [5.41, 5.74) is 0.345. The smallest absolute Gasteiger partial charge is 0.240 e. The van der Waals surface area contributed by atoms with E-state index in [4.69, 9.17) is 5.14 Å². The molecule has 5 heteroatoms.